The molecule has 1 N–H and O–H groups in total. The lowest BCUT2D eigenvalue weighted by molar-refractivity contribution is 0.0992. The van der Waals surface area contributed by atoms with Crippen molar-refractivity contribution in [3.63, 3.8) is 0 Å². The van der Waals surface area contributed by atoms with Gasteiger partial charge in [-0.3, -0.25) is 4.79 Å². The molecule has 1 amide bonds. The van der Waals surface area contributed by atoms with Gasteiger partial charge in [-0.1, -0.05) is 23.7 Å². The monoisotopic (exact) mass is 356 g/mol. The first-order valence-electron chi connectivity index (χ1n) is 7.74. The predicted molar refractivity (Wildman–Crippen MR) is 96.2 cm³/mol. The summed E-state index contributed by atoms with van der Waals surface area (Å²) < 4.78 is 11.1. The maximum absolute atomic E-state index is 12.3. The van der Waals surface area contributed by atoms with Crippen LogP contribution in [-0.2, 0) is 6.61 Å². The molecule has 0 bridgehead atoms. The normalized spacial score (nSPS) is 10.5. The number of carbonyl (C=O) groups excluding carboxylic acids is 1. The fourth-order valence-electron chi connectivity index (χ4n) is 2.37. The van der Waals surface area contributed by atoms with E-state index < -0.39 is 0 Å². The maximum atomic E-state index is 12.3. The van der Waals surface area contributed by atoms with E-state index in [1.165, 1.54) is 0 Å². The van der Waals surface area contributed by atoms with Crippen molar-refractivity contribution >= 4 is 23.3 Å². The minimum Gasteiger partial charge on any atom is -0.484 e. The van der Waals surface area contributed by atoms with Gasteiger partial charge in [0.05, 0.1) is 5.02 Å². The van der Waals surface area contributed by atoms with Crippen LogP contribution in [-0.4, -0.2) is 10.9 Å². The SMILES string of the molecule is Cc1cc(C)nc(NC(=O)c2ccc(COc3ccccc3Cl)o2)c1. The Bertz CT molecular complexity index is 885. The highest BCUT2D eigenvalue weighted by molar-refractivity contribution is 6.32. The third-order valence-electron chi connectivity index (χ3n) is 3.43. The number of hydrogen-bond acceptors (Lipinski definition) is 4. The quantitative estimate of drug-likeness (QED) is 0.714. The summed E-state index contributed by atoms with van der Waals surface area (Å²) in [6.07, 6.45) is 0. The van der Waals surface area contributed by atoms with E-state index in [0.717, 1.165) is 11.3 Å². The van der Waals surface area contributed by atoms with Gasteiger partial charge in [-0.15, -0.1) is 0 Å². The van der Waals surface area contributed by atoms with E-state index in [2.05, 4.69) is 10.3 Å². The van der Waals surface area contributed by atoms with Crippen LogP contribution in [0.4, 0.5) is 5.82 Å². The molecular formula is C19H17ClN2O3. The third-order valence-corrected chi connectivity index (χ3v) is 3.74. The number of para-hydroxylation sites is 1. The Hall–Kier alpha value is -2.79. The average molecular weight is 357 g/mol. The Kier molecular flexibility index (Phi) is 5.05. The van der Waals surface area contributed by atoms with E-state index in [0.29, 0.717) is 22.4 Å². The number of pyridine rings is 1. The Balaban J connectivity index is 1.64. The predicted octanol–water partition coefficient (Wildman–Crippen LogP) is 4.78. The number of ether oxygens (including phenoxy) is 1. The number of rotatable bonds is 5. The molecular weight excluding hydrogens is 340 g/mol. The van der Waals surface area contributed by atoms with Crippen molar-refractivity contribution in [1.82, 2.24) is 4.98 Å². The minimum atomic E-state index is -0.360. The summed E-state index contributed by atoms with van der Waals surface area (Å²) in [5.74, 6) is 1.41. The molecule has 2 aromatic heterocycles. The van der Waals surface area contributed by atoms with E-state index in [1.807, 2.05) is 32.0 Å². The summed E-state index contributed by atoms with van der Waals surface area (Å²) in [4.78, 5) is 16.6. The van der Waals surface area contributed by atoms with Crippen molar-refractivity contribution in [2.24, 2.45) is 0 Å². The molecule has 2 heterocycles. The van der Waals surface area contributed by atoms with Crippen molar-refractivity contribution < 1.29 is 13.9 Å². The van der Waals surface area contributed by atoms with Crippen LogP contribution in [0.3, 0.4) is 0 Å². The summed E-state index contributed by atoms with van der Waals surface area (Å²) >= 11 is 6.04. The lowest BCUT2D eigenvalue weighted by Crippen LogP contribution is -2.12. The van der Waals surface area contributed by atoms with Gasteiger partial charge in [0.2, 0.25) is 0 Å². The Morgan fingerprint density at radius 2 is 2.00 bits per heavy atom. The molecule has 1 aromatic carbocycles. The first-order valence-corrected chi connectivity index (χ1v) is 8.12. The van der Waals surface area contributed by atoms with E-state index in [1.54, 1.807) is 30.3 Å². The fraction of sp³-hybridized carbons (Fsp3) is 0.158. The summed E-state index contributed by atoms with van der Waals surface area (Å²) in [5, 5.41) is 3.25. The molecule has 3 rings (SSSR count). The van der Waals surface area contributed by atoms with Gasteiger partial charge in [0.15, 0.2) is 5.76 Å². The number of halogens is 1. The van der Waals surface area contributed by atoms with Crippen LogP contribution >= 0.6 is 11.6 Å². The number of furan rings is 1. The Labute approximate surface area is 150 Å². The Morgan fingerprint density at radius 3 is 2.76 bits per heavy atom. The van der Waals surface area contributed by atoms with Crippen LogP contribution in [0.1, 0.15) is 27.6 Å². The van der Waals surface area contributed by atoms with Crippen LogP contribution < -0.4 is 10.1 Å². The van der Waals surface area contributed by atoms with Crippen LogP contribution in [0.2, 0.25) is 5.02 Å². The smallest absolute Gasteiger partial charge is 0.292 e. The molecule has 0 aliphatic heterocycles. The van der Waals surface area contributed by atoms with Gasteiger partial charge in [-0.25, -0.2) is 4.98 Å². The minimum absolute atomic E-state index is 0.179. The van der Waals surface area contributed by atoms with Gasteiger partial charge in [0, 0.05) is 5.69 Å². The van der Waals surface area contributed by atoms with E-state index >= 15 is 0 Å². The summed E-state index contributed by atoms with van der Waals surface area (Å²) in [6.45, 7) is 4.00. The van der Waals surface area contributed by atoms with E-state index in [-0.39, 0.29) is 18.3 Å². The van der Waals surface area contributed by atoms with Gasteiger partial charge in [0.1, 0.15) is 23.9 Å². The number of aryl methyl sites for hydroxylation is 2. The number of anilines is 1. The molecule has 0 saturated carbocycles. The largest absolute Gasteiger partial charge is 0.484 e. The molecule has 0 aliphatic rings. The molecule has 0 aliphatic carbocycles. The number of hydrogen-bond donors (Lipinski definition) is 1. The molecule has 0 atom stereocenters. The zero-order valence-corrected chi connectivity index (χ0v) is 14.6. The molecule has 128 valence electrons. The van der Waals surface area contributed by atoms with Crippen molar-refractivity contribution in [1.29, 1.82) is 0 Å². The Morgan fingerprint density at radius 1 is 1.20 bits per heavy atom. The zero-order chi connectivity index (χ0) is 17.8. The van der Waals surface area contributed by atoms with Gasteiger partial charge >= 0.3 is 0 Å². The van der Waals surface area contributed by atoms with Crippen molar-refractivity contribution in [3.05, 3.63) is 76.3 Å². The second-order valence-electron chi connectivity index (χ2n) is 5.61. The van der Waals surface area contributed by atoms with Crippen LogP contribution in [0.25, 0.3) is 0 Å². The van der Waals surface area contributed by atoms with Crippen LogP contribution in [0.15, 0.2) is 52.9 Å². The second kappa shape index (κ2) is 7.40. The van der Waals surface area contributed by atoms with E-state index in [9.17, 15) is 4.79 Å². The van der Waals surface area contributed by atoms with Crippen molar-refractivity contribution in [2.45, 2.75) is 20.5 Å². The first-order chi connectivity index (χ1) is 12.0. The maximum Gasteiger partial charge on any atom is 0.292 e. The lowest BCUT2D eigenvalue weighted by atomic mass is 10.2. The highest BCUT2D eigenvalue weighted by Gasteiger charge is 2.13. The van der Waals surface area contributed by atoms with Gasteiger partial charge in [0.25, 0.3) is 5.91 Å². The fourth-order valence-corrected chi connectivity index (χ4v) is 2.56. The third kappa shape index (κ3) is 4.39. The molecule has 5 nitrogen and oxygen atoms in total. The molecule has 0 spiro atoms. The first kappa shape index (κ1) is 17.0. The highest BCUT2D eigenvalue weighted by atomic mass is 35.5. The standard InChI is InChI=1S/C19H17ClN2O3/c1-12-9-13(2)21-18(10-12)22-19(23)17-8-7-14(25-17)11-24-16-6-4-3-5-15(16)20/h3-10H,11H2,1-2H3,(H,21,22,23). The topological polar surface area (TPSA) is 64.4 Å². The average Bonchev–Trinajstić information content (AvgIpc) is 3.02. The summed E-state index contributed by atoms with van der Waals surface area (Å²) in [5.41, 5.74) is 1.86. The van der Waals surface area contributed by atoms with Gasteiger partial charge < -0.3 is 14.5 Å². The number of aromatic nitrogens is 1. The number of amides is 1. The van der Waals surface area contributed by atoms with Crippen LogP contribution in [0.5, 0.6) is 5.75 Å². The number of nitrogens with one attached hydrogen (secondary N) is 1. The number of benzene rings is 1. The molecule has 0 saturated heterocycles. The lowest BCUT2D eigenvalue weighted by Gasteiger charge is -2.06. The summed E-state index contributed by atoms with van der Waals surface area (Å²) in [6, 6.07) is 14.2. The zero-order valence-electron chi connectivity index (χ0n) is 13.9. The molecule has 0 fully saturated rings. The molecule has 25 heavy (non-hydrogen) atoms. The molecule has 3 aromatic rings. The molecule has 0 radical (unpaired) electrons. The van der Waals surface area contributed by atoms with Crippen LogP contribution in [0, 0.1) is 13.8 Å². The molecule has 0 unspecified atom stereocenters. The van der Waals surface area contributed by atoms with Crippen molar-refractivity contribution in [3.8, 4) is 5.75 Å². The number of carbonyl (C=O) groups is 1. The number of nitrogens with zero attached hydrogens (tertiary/aromatic N) is 1. The second-order valence-corrected chi connectivity index (χ2v) is 6.02. The van der Waals surface area contributed by atoms with Gasteiger partial charge in [-0.05, 0) is 55.8 Å². The van der Waals surface area contributed by atoms with Crippen molar-refractivity contribution in [2.75, 3.05) is 5.32 Å². The molecule has 6 heteroatoms. The highest BCUT2D eigenvalue weighted by Crippen LogP contribution is 2.24. The summed E-state index contributed by atoms with van der Waals surface area (Å²) in [7, 11) is 0. The van der Waals surface area contributed by atoms with Gasteiger partial charge in [-0.2, -0.15) is 0 Å². The van der Waals surface area contributed by atoms with E-state index in [4.69, 9.17) is 20.8 Å².